The summed E-state index contributed by atoms with van der Waals surface area (Å²) in [6.45, 7) is 1.87. The van der Waals surface area contributed by atoms with E-state index in [1.165, 1.54) is 12.1 Å². The normalized spacial score (nSPS) is 11.7. The summed E-state index contributed by atoms with van der Waals surface area (Å²) in [7, 11) is 1.59. The van der Waals surface area contributed by atoms with E-state index in [0.717, 1.165) is 22.2 Å². The third-order valence-electron chi connectivity index (χ3n) is 3.55. The average molecular weight is 321 g/mol. The van der Waals surface area contributed by atoms with Crippen molar-refractivity contribution in [1.82, 2.24) is 4.98 Å². The summed E-state index contributed by atoms with van der Waals surface area (Å²) in [6, 6.07) is 11.8. The van der Waals surface area contributed by atoms with Crippen molar-refractivity contribution >= 4 is 10.9 Å². The molecular weight excluding hydrogens is 307 g/mol. The number of fused-ring (bicyclic) bond motifs is 1. The van der Waals surface area contributed by atoms with Crippen LogP contribution in [0.5, 0.6) is 11.5 Å². The first kappa shape index (κ1) is 15.3. The Balaban J connectivity index is 2.09. The summed E-state index contributed by atoms with van der Waals surface area (Å²) >= 11 is 0. The second kappa shape index (κ2) is 5.53. The largest absolute Gasteiger partial charge is 0.573 e. The Labute approximate surface area is 130 Å². The zero-order valence-corrected chi connectivity index (χ0v) is 12.5. The van der Waals surface area contributed by atoms with Crippen molar-refractivity contribution in [3.05, 3.63) is 48.2 Å². The van der Waals surface area contributed by atoms with Crippen LogP contribution in [0.1, 0.15) is 5.69 Å². The van der Waals surface area contributed by atoms with E-state index in [2.05, 4.69) is 9.72 Å². The number of halogens is 3. The molecule has 120 valence electrons. The van der Waals surface area contributed by atoms with Crippen LogP contribution in [0, 0.1) is 6.92 Å². The number of aryl methyl sites for hydroxylation is 1. The fourth-order valence-corrected chi connectivity index (χ4v) is 2.66. The van der Waals surface area contributed by atoms with Crippen molar-refractivity contribution in [1.29, 1.82) is 0 Å². The standard InChI is InChI=1S/C17H14F3NO2/c1-10-16(11-4-3-5-12(8-11)22-2)14-7-6-13(9-15(14)21-10)23-17(18,19)20/h3-9,21H,1-2H3. The number of nitrogens with one attached hydrogen (secondary N) is 1. The number of aromatic amines is 1. The number of methoxy groups -OCH3 is 1. The van der Waals surface area contributed by atoms with E-state index in [1.807, 2.05) is 31.2 Å². The minimum atomic E-state index is -4.70. The summed E-state index contributed by atoms with van der Waals surface area (Å²) in [5.74, 6) is 0.469. The van der Waals surface area contributed by atoms with E-state index in [0.29, 0.717) is 11.3 Å². The average Bonchev–Trinajstić information content (AvgIpc) is 2.80. The fraction of sp³-hybridized carbons (Fsp3) is 0.176. The Kier molecular flexibility index (Phi) is 3.67. The molecule has 1 aromatic heterocycles. The minimum absolute atomic E-state index is 0.247. The Bertz CT molecular complexity index is 853. The van der Waals surface area contributed by atoms with Crippen LogP contribution in [0.25, 0.3) is 22.0 Å². The molecule has 0 amide bonds. The monoisotopic (exact) mass is 321 g/mol. The van der Waals surface area contributed by atoms with Gasteiger partial charge in [-0.1, -0.05) is 12.1 Å². The first-order chi connectivity index (χ1) is 10.9. The first-order valence-electron chi connectivity index (χ1n) is 6.90. The molecule has 0 fully saturated rings. The molecule has 0 radical (unpaired) electrons. The van der Waals surface area contributed by atoms with Crippen molar-refractivity contribution in [2.75, 3.05) is 7.11 Å². The number of hydrogen-bond acceptors (Lipinski definition) is 2. The number of benzene rings is 2. The molecule has 0 bridgehead atoms. The predicted octanol–water partition coefficient (Wildman–Crippen LogP) is 5.05. The Morgan fingerprint density at radius 3 is 2.48 bits per heavy atom. The van der Waals surface area contributed by atoms with Gasteiger partial charge in [-0.15, -0.1) is 13.2 Å². The van der Waals surface area contributed by atoms with E-state index in [-0.39, 0.29) is 5.75 Å². The van der Waals surface area contributed by atoms with Crippen molar-refractivity contribution in [2.45, 2.75) is 13.3 Å². The topological polar surface area (TPSA) is 34.2 Å². The van der Waals surface area contributed by atoms with Gasteiger partial charge >= 0.3 is 6.36 Å². The number of rotatable bonds is 3. The van der Waals surface area contributed by atoms with Gasteiger partial charge in [-0.3, -0.25) is 0 Å². The summed E-state index contributed by atoms with van der Waals surface area (Å²) in [6.07, 6.45) is -4.70. The van der Waals surface area contributed by atoms with E-state index in [1.54, 1.807) is 13.2 Å². The smallest absolute Gasteiger partial charge is 0.497 e. The zero-order valence-electron chi connectivity index (χ0n) is 12.5. The summed E-state index contributed by atoms with van der Waals surface area (Å²) in [5.41, 5.74) is 3.30. The van der Waals surface area contributed by atoms with Crippen LogP contribution >= 0.6 is 0 Å². The van der Waals surface area contributed by atoms with Crippen LogP contribution in [0.4, 0.5) is 13.2 Å². The molecule has 3 aromatic rings. The molecule has 0 unspecified atom stereocenters. The lowest BCUT2D eigenvalue weighted by Crippen LogP contribution is -2.16. The molecule has 0 spiro atoms. The highest BCUT2D eigenvalue weighted by molar-refractivity contribution is 5.98. The lowest BCUT2D eigenvalue weighted by atomic mass is 10.0. The summed E-state index contributed by atoms with van der Waals surface area (Å²) < 4.78 is 46.2. The van der Waals surface area contributed by atoms with Gasteiger partial charge in [0, 0.05) is 28.2 Å². The maximum Gasteiger partial charge on any atom is 0.573 e. The van der Waals surface area contributed by atoms with Gasteiger partial charge in [0.15, 0.2) is 0 Å². The van der Waals surface area contributed by atoms with Crippen LogP contribution in [0.3, 0.4) is 0 Å². The maximum absolute atomic E-state index is 12.3. The summed E-state index contributed by atoms with van der Waals surface area (Å²) in [5, 5.41) is 0.824. The van der Waals surface area contributed by atoms with Gasteiger partial charge < -0.3 is 14.5 Å². The van der Waals surface area contributed by atoms with Gasteiger partial charge in [0.2, 0.25) is 0 Å². The highest BCUT2D eigenvalue weighted by Gasteiger charge is 2.31. The van der Waals surface area contributed by atoms with Gasteiger partial charge in [0.05, 0.1) is 7.11 Å². The SMILES string of the molecule is COc1cccc(-c2c(C)[nH]c3cc(OC(F)(F)F)ccc23)c1. The Morgan fingerprint density at radius 2 is 1.78 bits per heavy atom. The lowest BCUT2D eigenvalue weighted by molar-refractivity contribution is -0.274. The molecule has 1 heterocycles. The lowest BCUT2D eigenvalue weighted by Gasteiger charge is -2.09. The van der Waals surface area contributed by atoms with E-state index in [4.69, 9.17) is 4.74 Å². The Hall–Kier alpha value is -2.63. The second-order valence-corrected chi connectivity index (χ2v) is 5.11. The van der Waals surface area contributed by atoms with E-state index in [9.17, 15) is 13.2 Å². The van der Waals surface area contributed by atoms with Crippen LogP contribution in [0.15, 0.2) is 42.5 Å². The third kappa shape index (κ3) is 3.11. The van der Waals surface area contributed by atoms with Crippen LogP contribution in [-0.2, 0) is 0 Å². The second-order valence-electron chi connectivity index (χ2n) is 5.11. The highest BCUT2D eigenvalue weighted by atomic mass is 19.4. The molecule has 0 aliphatic heterocycles. The van der Waals surface area contributed by atoms with Crippen LogP contribution in [-0.4, -0.2) is 18.5 Å². The molecule has 0 saturated carbocycles. The van der Waals surface area contributed by atoms with Gasteiger partial charge in [-0.25, -0.2) is 0 Å². The van der Waals surface area contributed by atoms with Crippen molar-refractivity contribution in [3.8, 4) is 22.6 Å². The third-order valence-corrected chi connectivity index (χ3v) is 3.55. The Morgan fingerprint density at radius 1 is 1.00 bits per heavy atom. The number of aromatic nitrogens is 1. The van der Waals surface area contributed by atoms with E-state index < -0.39 is 6.36 Å². The molecule has 3 nitrogen and oxygen atoms in total. The molecular formula is C17H14F3NO2. The van der Waals surface area contributed by atoms with Crippen LogP contribution in [0.2, 0.25) is 0 Å². The van der Waals surface area contributed by atoms with Gasteiger partial charge in [0.1, 0.15) is 11.5 Å². The summed E-state index contributed by atoms with van der Waals surface area (Å²) in [4.78, 5) is 3.10. The molecule has 0 atom stereocenters. The van der Waals surface area contributed by atoms with Crippen LogP contribution < -0.4 is 9.47 Å². The number of ether oxygens (including phenoxy) is 2. The molecule has 23 heavy (non-hydrogen) atoms. The minimum Gasteiger partial charge on any atom is -0.497 e. The fourth-order valence-electron chi connectivity index (χ4n) is 2.66. The molecule has 0 saturated heterocycles. The zero-order chi connectivity index (χ0) is 16.6. The van der Waals surface area contributed by atoms with E-state index >= 15 is 0 Å². The molecule has 0 aliphatic rings. The van der Waals surface area contributed by atoms with Crippen molar-refractivity contribution < 1.29 is 22.6 Å². The molecule has 3 rings (SSSR count). The first-order valence-corrected chi connectivity index (χ1v) is 6.90. The molecule has 2 aromatic carbocycles. The molecule has 0 aliphatic carbocycles. The van der Waals surface area contributed by atoms with Gasteiger partial charge in [0.25, 0.3) is 0 Å². The van der Waals surface area contributed by atoms with Crippen molar-refractivity contribution in [3.63, 3.8) is 0 Å². The van der Waals surface area contributed by atoms with Gasteiger partial charge in [-0.2, -0.15) is 0 Å². The number of hydrogen-bond donors (Lipinski definition) is 1. The number of alkyl halides is 3. The molecule has 6 heteroatoms. The van der Waals surface area contributed by atoms with Crippen molar-refractivity contribution in [2.24, 2.45) is 0 Å². The molecule has 1 N–H and O–H groups in total. The quantitative estimate of drug-likeness (QED) is 0.732. The van der Waals surface area contributed by atoms with Gasteiger partial charge in [-0.05, 0) is 36.8 Å². The predicted molar refractivity (Wildman–Crippen MR) is 81.7 cm³/mol. The highest BCUT2D eigenvalue weighted by Crippen LogP contribution is 2.36. The maximum atomic E-state index is 12.3. The number of H-pyrrole nitrogens is 1.